The zero-order valence-electron chi connectivity index (χ0n) is 41.6. The Labute approximate surface area is 389 Å². The molecule has 4 fully saturated rings. The number of hydrogen-bond donors (Lipinski definition) is 3. The molecule has 0 heterocycles. The van der Waals surface area contributed by atoms with Gasteiger partial charge in [0.25, 0.3) is 0 Å². The van der Waals surface area contributed by atoms with Crippen molar-refractivity contribution >= 4 is 23.9 Å². The molecule has 0 amide bonds. The molecule has 1 aromatic carbocycles. The molecule has 368 valence electrons. The molecule has 4 aliphatic rings. The van der Waals surface area contributed by atoms with E-state index in [4.69, 9.17) is 23.7 Å². The normalized spacial score (nSPS) is 29.6. The Morgan fingerprint density at radius 2 is 1.09 bits per heavy atom. The Bertz CT molecular complexity index is 1760. The third-order valence-electron chi connectivity index (χ3n) is 15.4. The fraction of sp³-hybridized carbons (Fsp3) is 0.811. The first-order valence-electron chi connectivity index (χ1n) is 25.0. The number of carbonyl (C=O) groups excluding carboxylic acids is 4. The van der Waals surface area contributed by atoms with Crippen molar-refractivity contribution < 1.29 is 58.2 Å². The summed E-state index contributed by atoms with van der Waals surface area (Å²) < 4.78 is 29.5. The predicted molar refractivity (Wildman–Crippen MR) is 248 cm³/mol. The Hall–Kier alpha value is -3.38. The molecule has 4 aliphatic carbocycles. The molecule has 4 saturated carbocycles. The fourth-order valence-corrected chi connectivity index (χ4v) is 11.2. The molecule has 0 radical (unpaired) electrons. The summed E-state index contributed by atoms with van der Waals surface area (Å²) in [6, 6.07) is 3.54. The second-order valence-electron chi connectivity index (χ2n) is 23.2. The molecular weight excluding hydrogens is 829 g/mol. The van der Waals surface area contributed by atoms with Crippen molar-refractivity contribution in [2.24, 2.45) is 52.8 Å². The van der Waals surface area contributed by atoms with Gasteiger partial charge in [-0.05, 0) is 156 Å². The summed E-state index contributed by atoms with van der Waals surface area (Å²) in [6.07, 6.45) is 9.37. The molecule has 0 spiro atoms. The maximum absolute atomic E-state index is 13.8. The van der Waals surface area contributed by atoms with Crippen LogP contribution in [0.5, 0.6) is 11.5 Å². The summed E-state index contributed by atoms with van der Waals surface area (Å²) >= 11 is 0. The fourth-order valence-electron chi connectivity index (χ4n) is 11.2. The van der Waals surface area contributed by atoms with Crippen LogP contribution in [-0.2, 0) is 43.5 Å². The summed E-state index contributed by atoms with van der Waals surface area (Å²) in [5.41, 5.74) is 0.157. The second kappa shape index (κ2) is 22.2. The lowest BCUT2D eigenvalue weighted by Crippen LogP contribution is -2.42. The van der Waals surface area contributed by atoms with E-state index < -0.39 is 47.3 Å². The van der Waals surface area contributed by atoms with Gasteiger partial charge in [-0.1, -0.05) is 62.3 Å². The SMILES string of the molecule is CC1CCC(C(=O)OC2CCC(C(C)(C)C3CCC(OC(=O)C4CC(C)CCC4C(=O)OCC(C)(C)O)CC3)CC2)C(C(=O)OCC(O)COc2cc(C(C)C)c(O)cc2C(C)(C)C)C1. The number of benzene rings is 1. The van der Waals surface area contributed by atoms with Crippen molar-refractivity contribution in [2.75, 3.05) is 19.8 Å². The highest BCUT2D eigenvalue weighted by molar-refractivity contribution is 5.83. The van der Waals surface area contributed by atoms with E-state index in [2.05, 4.69) is 27.7 Å². The van der Waals surface area contributed by atoms with Crippen LogP contribution >= 0.6 is 0 Å². The van der Waals surface area contributed by atoms with E-state index in [-0.39, 0.29) is 72.4 Å². The molecule has 7 unspecified atom stereocenters. The Balaban J connectivity index is 1.07. The standard InChI is InChI=1S/C53H84O12/c1-31(2)41-26-46(44(27-45(41)55)51(5,6)7)61-28-36(54)29-62-48(57)42-24-32(3)13-23-40(42)49(58)64-37-18-14-34(15-19-37)53(10,11)35-16-20-38(21-17-35)65-50(59)43-25-33(4)12-22-39(43)47(56)63-30-52(8,9)60/h26-27,31-40,42-43,54-55,60H,12-25,28-30H2,1-11H3. The number of aliphatic hydroxyl groups is 2. The molecule has 12 heteroatoms. The van der Waals surface area contributed by atoms with Gasteiger partial charge in [-0.15, -0.1) is 0 Å². The van der Waals surface area contributed by atoms with Crippen LogP contribution in [-0.4, -0.2) is 82.9 Å². The lowest BCUT2D eigenvalue weighted by molar-refractivity contribution is -0.171. The number of phenols is 1. The van der Waals surface area contributed by atoms with Crippen molar-refractivity contribution in [1.29, 1.82) is 0 Å². The Morgan fingerprint density at radius 1 is 0.631 bits per heavy atom. The number of phenolic OH excluding ortho intramolecular Hbond substituents is 1. The van der Waals surface area contributed by atoms with Gasteiger partial charge in [0.1, 0.15) is 49.6 Å². The topological polar surface area (TPSA) is 175 Å². The van der Waals surface area contributed by atoms with Gasteiger partial charge in [0, 0.05) is 11.1 Å². The molecule has 0 aliphatic heterocycles. The van der Waals surface area contributed by atoms with Gasteiger partial charge in [-0.25, -0.2) is 0 Å². The minimum atomic E-state index is -1.14. The van der Waals surface area contributed by atoms with Crippen LogP contribution in [0.25, 0.3) is 0 Å². The van der Waals surface area contributed by atoms with Crippen molar-refractivity contribution in [2.45, 2.75) is 201 Å². The zero-order valence-corrected chi connectivity index (χ0v) is 41.6. The minimum Gasteiger partial charge on any atom is -0.508 e. The summed E-state index contributed by atoms with van der Waals surface area (Å²) in [5.74, 6) is -1.53. The van der Waals surface area contributed by atoms with Crippen molar-refractivity contribution in [1.82, 2.24) is 0 Å². The molecule has 1 aromatic rings. The van der Waals surface area contributed by atoms with Crippen LogP contribution in [0, 0.1) is 52.8 Å². The average Bonchev–Trinajstić information content (AvgIpc) is 3.23. The third-order valence-corrected chi connectivity index (χ3v) is 15.4. The van der Waals surface area contributed by atoms with Crippen LogP contribution in [0.3, 0.4) is 0 Å². The summed E-state index contributed by atoms with van der Waals surface area (Å²) in [7, 11) is 0. The highest BCUT2D eigenvalue weighted by atomic mass is 16.6. The van der Waals surface area contributed by atoms with Crippen LogP contribution in [0.1, 0.15) is 183 Å². The Morgan fingerprint density at radius 3 is 1.57 bits per heavy atom. The van der Waals surface area contributed by atoms with E-state index >= 15 is 0 Å². The first-order chi connectivity index (χ1) is 30.3. The Kier molecular flexibility index (Phi) is 17.9. The third kappa shape index (κ3) is 14.3. The zero-order chi connectivity index (χ0) is 48.0. The molecule has 3 N–H and O–H groups in total. The number of esters is 4. The van der Waals surface area contributed by atoms with Gasteiger partial charge in [0.15, 0.2) is 0 Å². The van der Waals surface area contributed by atoms with Crippen molar-refractivity contribution in [3.63, 3.8) is 0 Å². The van der Waals surface area contributed by atoms with Crippen molar-refractivity contribution in [3.05, 3.63) is 23.3 Å². The molecule has 65 heavy (non-hydrogen) atoms. The maximum Gasteiger partial charge on any atom is 0.310 e. The molecule has 0 aromatic heterocycles. The molecule has 0 bridgehead atoms. The van der Waals surface area contributed by atoms with E-state index in [0.29, 0.717) is 49.2 Å². The van der Waals surface area contributed by atoms with E-state index in [9.17, 15) is 34.5 Å². The minimum absolute atomic E-state index is 0.0536. The quantitative estimate of drug-likeness (QED) is 0.106. The van der Waals surface area contributed by atoms with Gasteiger partial charge >= 0.3 is 23.9 Å². The van der Waals surface area contributed by atoms with Gasteiger partial charge < -0.3 is 39.0 Å². The maximum atomic E-state index is 13.8. The average molecular weight is 913 g/mol. The first kappa shape index (κ1) is 52.6. The van der Waals surface area contributed by atoms with Crippen LogP contribution in [0.15, 0.2) is 12.1 Å². The number of carbonyl (C=O) groups is 4. The number of ether oxygens (including phenoxy) is 5. The van der Waals surface area contributed by atoms with Gasteiger partial charge in [-0.2, -0.15) is 0 Å². The smallest absolute Gasteiger partial charge is 0.310 e. The molecule has 5 rings (SSSR count). The van der Waals surface area contributed by atoms with Gasteiger partial charge in [0.05, 0.1) is 29.3 Å². The van der Waals surface area contributed by atoms with Crippen LogP contribution in [0.4, 0.5) is 0 Å². The molecule has 12 nitrogen and oxygen atoms in total. The van der Waals surface area contributed by atoms with Crippen LogP contribution < -0.4 is 4.74 Å². The monoisotopic (exact) mass is 913 g/mol. The van der Waals surface area contributed by atoms with E-state index in [1.807, 2.05) is 40.7 Å². The number of rotatable bonds is 16. The van der Waals surface area contributed by atoms with Gasteiger partial charge in [0.2, 0.25) is 0 Å². The molecule has 7 atom stereocenters. The largest absolute Gasteiger partial charge is 0.508 e. The van der Waals surface area contributed by atoms with Crippen LogP contribution in [0.2, 0.25) is 0 Å². The summed E-state index contributed by atoms with van der Waals surface area (Å²) in [6.45, 7) is 21.7. The number of aromatic hydroxyl groups is 1. The van der Waals surface area contributed by atoms with E-state index in [1.54, 1.807) is 19.9 Å². The first-order valence-corrected chi connectivity index (χ1v) is 25.0. The lowest BCUT2D eigenvalue weighted by Gasteiger charge is -2.46. The van der Waals surface area contributed by atoms with E-state index in [0.717, 1.165) is 75.3 Å². The van der Waals surface area contributed by atoms with Gasteiger partial charge in [-0.3, -0.25) is 19.2 Å². The lowest BCUT2D eigenvalue weighted by atomic mass is 9.60. The molecular formula is C53H84O12. The number of hydrogen-bond acceptors (Lipinski definition) is 12. The highest BCUT2D eigenvalue weighted by Crippen LogP contribution is 2.50. The summed E-state index contributed by atoms with van der Waals surface area (Å²) in [5, 5.41) is 31.5. The number of aliphatic hydroxyl groups excluding tert-OH is 1. The van der Waals surface area contributed by atoms with Crippen molar-refractivity contribution in [3.8, 4) is 11.5 Å². The predicted octanol–water partition coefficient (Wildman–Crippen LogP) is 9.75. The van der Waals surface area contributed by atoms with E-state index in [1.165, 1.54) is 0 Å². The summed E-state index contributed by atoms with van der Waals surface area (Å²) in [4.78, 5) is 53.9. The highest BCUT2D eigenvalue weighted by Gasteiger charge is 2.45. The molecule has 0 saturated heterocycles. The second-order valence-corrected chi connectivity index (χ2v) is 23.2.